The molecule has 1 unspecified atom stereocenters. The van der Waals surface area contributed by atoms with Crippen molar-refractivity contribution in [3.05, 3.63) is 12.2 Å². The second kappa shape index (κ2) is 9.03. The highest BCUT2D eigenvalue weighted by Crippen LogP contribution is 2.07. The lowest BCUT2D eigenvalue weighted by Gasteiger charge is -2.32. The van der Waals surface area contributed by atoms with Crippen molar-refractivity contribution in [1.82, 2.24) is 5.48 Å². The van der Waals surface area contributed by atoms with E-state index in [-0.39, 0.29) is 12.1 Å². The smallest absolute Gasteiger partial charge is 0.304 e. The first-order valence-electron chi connectivity index (χ1n) is 5.80. The minimum Gasteiger partial charge on any atom is -0.304 e. The molecule has 0 rings (SSSR count). The Balaban J connectivity index is 0. The Bertz CT molecular complexity index is 413. The number of amides is 1. The summed E-state index contributed by atoms with van der Waals surface area (Å²) >= 11 is 0. The summed E-state index contributed by atoms with van der Waals surface area (Å²) in [5.41, 5.74) is 2.83. The summed E-state index contributed by atoms with van der Waals surface area (Å²) in [5, 5.41) is 0. The summed E-state index contributed by atoms with van der Waals surface area (Å²) in [7, 11) is 2.75. The Morgan fingerprint density at radius 3 is 2.00 bits per heavy atom. The van der Waals surface area contributed by atoms with Crippen molar-refractivity contribution in [2.45, 2.75) is 26.5 Å². The van der Waals surface area contributed by atoms with Gasteiger partial charge in [-0.1, -0.05) is 13.5 Å². The van der Waals surface area contributed by atoms with Crippen LogP contribution in [0, 0.1) is 0 Å². The molecular weight excluding hydrogens is 288 g/mol. The predicted molar refractivity (Wildman–Crippen MR) is 74.7 cm³/mol. The number of hydrogen-bond acceptors (Lipinski definition) is 5. The van der Waals surface area contributed by atoms with Crippen LogP contribution in [0.4, 0.5) is 0 Å². The Kier molecular flexibility index (Phi) is 9.62. The molecule has 0 fully saturated rings. The molecule has 0 aromatic heterocycles. The maximum absolute atomic E-state index is 11.1. The lowest BCUT2D eigenvalue weighted by Crippen LogP contribution is -2.49. The first-order chi connectivity index (χ1) is 8.85. The minimum atomic E-state index is -4.16. The zero-order chi connectivity index (χ0) is 16.6. The first kappa shape index (κ1) is 21.3. The Hall–Kier alpha value is -1.00. The van der Waals surface area contributed by atoms with Gasteiger partial charge in [0, 0.05) is 12.0 Å². The van der Waals surface area contributed by atoms with Gasteiger partial charge in [-0.15, -0.1) is 0 Å². The molecule has 0 saturated carbocycles. The maximum atomic E-state index is 11.1. The van der Waals surface area contributed by atoms with Crippen molar-refractivity contribution < 1.29 is 31.3 Å². The van der Waals surface area contributed by atoms with E-state index in [4.69, 9.17) is 9.39 Å². The summed E-state index contributed by atoms with van der Waals surface area (Å²) in [4.78, 5) is 16.4. The summed E-state index contributed by atoms with van der Waals surface area (Å²) in [6.45, 7) is 7.18. The summed E-state index contributed by atoms with van der Waals surface area (Å²) in [6, 6.07) is 0. The maximum Gasteiger partial charge on any atom is 0.397 e. The monoisotopic (exact) mass is 313 g/mol. The largest absolute Gasteiger partial charge is 0.397 e. The molecule has 120 valence electrons. The van der Waals surface area contributed by atoms with Crippen LogP contribution in [0.15, 0.2) is 12.2 Å². The number of quaternary nitrogens is 1. The highest BCUT2D eigenvalue weighted by atomic mass is 32.3. The van der Waals surface area contributed by atoms with Crippen LogP contribution in [0.1, 0.15) is 20.3 Å². The van der Waals surface area contributed by atoms with Crippen LogP contribution in [0.2, 0.25) is 0 Å². The van der Waals surface area contributed by atoms with E-state index in [2.05, 4.69) is 16.2 Å². The third-order valence-corrected chi connectivity index (χ3v) is 2.52. The van der Waals surface area contributed by atoms with Gasteiger partial charge in [0.1, 0.15) is 0 Å². The molecule has 0 aliphatic heterocycles. The van der Waals surface area contributed by atoms with Gasteiger partial charge in [0.05, 0.1) is 28.3 Å². The Morgan fingerprint density at radius 1 is 1.40 bits per heavy atom. The van der Waals surface area contributed by atoms with Crippen molar-refractivity contribution >= 4 is 16.3 Å². The van der Waals surface area contributed by atoms with E-state index in [0.717, 1.165) is 13.5 Å². The fourth-order valence-electron chi connectivity index (χ4n) is 0.998. The molecule has 0 bridgehead atoms. The molecule has 0 saturated heterocycles. The second-order valence-electron chi connectivity index (χ2n) is 4.90. The van der Waals surface area contributed by atoms with Gasteiger partial charge in [0.15, 0.2) is 0 Å². The number of hydrogen-bond donors (Lipinski definition) is 2. The number of hydroxylamine groups is 1. The van der Waals surface area contributed by atoms with Crippen LogP contribution in [0.25, 0.3) is 0 Å². The van der Waals surface area contributed by atoms with Gasteiger partial charge in [0.2, 0.25) is 6.23 Å². The Labute approximate surface area is 120 Å². The van der Waals surface area contributed by atoms with E-state index in [1.807, 2.05) is 28.1 Å². The SMILES string of the molecule is C=C(C)C(=O)NOC(CC)[N+](C)(C)C.COS(=O)(=O)O. The van der Waals surface area contributed by atoms with E-state index in [1.54, 1.807) is 6.92 Å². The topological polar surface area (TPSA) is 102 Å². The summed E-state index contributed by atoms with van der Waals surface area (Å²) < 4.78 is 30.4. The van der Waals surface area contributed by atoms with Gasteiger partial charge in [-0.25, -0.2) is 10.3 Å². The standard InChI is InChI=1S/C10H20N2O2.CH4O4S/c1-7-9(12(4,5)6)14-11-10(13)8(2)3;1-5-6(2,3)4/h9H,2,7H2,1,3-6H3;1H3,(H,2,3,4)/p+1. The van der Waals surface area contributed by atoms with Crippen molar-refractivity contribution in [3.8, 4) is 0 Å². The van der Waals surface area contributed by atoms with Crippen molar-refractivity contribution in [2.24, 2.45) is 0 Å². The summed E-state index contributed by atoms with van der Waals surface area (Å²) in [6.07, 6.45) is 0.790. The minimum absolute atomic E-state index is 0.0432. The number of carbonyl (C=O) groups is 1. The van der Waals surface area contributed by atoms with Crippen molar-refractivity contribution in [1.29, 1.82) is 0 Å². The van der Waals surface area contributed by atoms with Crippen LogP contribution in [-0.4, -0.2) is 57.8 Å². The molecule has 9 heteroatoms. The molecule has 2 N–H and O–H groups in total. The molecule has 0 heterocycles. The molecule has 0 aromatic rings. The normalized spacial score (nSPS) is 12.9. The second-order valence-corrected chi connectivity index (χ2v) is 6.09. The molecule has 0 radical (unpaired) electrons. The average Bonchev–Trinajstić information content (AvgIpc) is 2.27. The molecule has 0 aliphatic rings. The van der Waals surface area contributed by atoms with Crippen LogP contribution >= 0.6 is 0 Å². The van der Waals surface area contributed by atoms with Gasteiger partial charge >= 0.3 is 10.4 Å². The third-order valence-electron chi connectivity index (χ3n) is 2.10. The molecule has 1 amide bonds. The fourth-order valence-corrected chi connectivity index (χ4v) is 0.998. The first-order valence-corrected chi connectivity index (χ1v) is 7.17. The summed E-state index contributed by atoms with van der Waals surface area (Å²) in [5.74, 6) is -0.267. The molecule has 0 aromatic carbocycles. The van der Waals surface area contributed by atoms with Gasteiger partial charge in [-0.2, -0.15) is 8.42 Å². The van der Waals surface area contributed by atoms with Gasteiger partial charge < -0.3 is 4.48 Å². The molecular formula is C11H25N2O6S+. The van der Waals surface area contributed by atoms with E-state index >= 15 is 0 Å². The van der Waals surface area contributed by atoms with E-state index < -0.39 is 10.4 Å². The van der Waals surface area contributed by atoms with Crippen LogP contribution in [0.5, 0.6) is 0 Å². The predicted octanol–water partition coefficient (Wildman–Crippen LogP) is 0.488. The highest BCUT2D eigenvalue weighted by Gasteiger charge is 2.23. The van der Waals surface area contributed by atoms with Crippen LogP contribution < -0.4 is 5.48 Å². The van der Waals surface area contributed by atoms with E-state index in [1.165, 1.54) is 0 Å². The Morgan fingerprint density at radius 2 is 1.80 bits per heavy atom. The average molecular weight is 313 g/mol. The molecule has 20 heavy (non-hydrogen) atoms. The van der Waals surface area contributed by atoms with Gasteiger partial charge in [0.25, 0.3) is 5.91 Å². The van der Waals surface area contributed by atoms with Crippen molar-refractivity contribution in [3.63, 3.8) is 0 Å². The number of nitrogens with one attached hydrogen (secondary N) is 1. The van der Waals surface area contributed by atoms with Crippen LogP contribution in [-0.2, 0) is 24.2 Å². The number of nitrogens with zero attached hydrogens (tertiary/aromatic N) is 1. The lowest BCUT2D eigenvalue weighted by molar-refractivity contribution is -0.921. The lowest BCUT2D eigenvalue weighted by atomic mass is 10.3. The van der Waals surface area contributed by atoms with Gasteiger partial charge in [-0.05, 0) is 6.92 Å². The van der Waals surface area contributed by atoms with E-state index in [9.17, 15) is 13.2 Å². The zero-order valence-corrected chi connectivity index (χ0v) is 13.7. The van der Waals surface area contributed by atoms with Gasteiger partial charge in [-0.3, -0.25) is 13.5 Å². The van der Waals surface area contributed by atoms with E-state index in [0.29, 0.717) is 10.1 Å². The molecule has 0 aliphatic carbocycles. The molecule has 1 atom stereocenters. The quantitative estimate of drug-likeness (QED) is 0.243. The van der Waals surface area contributed by atoms with Crippen LogP contribution in [0.3, 0.4) is 0 Å². The highest BCUT2D eigenvalue weighted by molar-refractivity contribution is 7.80. The third kappa shape index (κ3) is 12.1. The van der Waals surface area contributed by atoms with Crippen molar-refractivity contribution in [2.75, 3.05) is 28.3 Å². The molecule has 0 spiro atoms. The zero-order valence-electron chi connectivity index (χ0n) is 12.8. The fraction of sp³-hybridized carbons (Fsp3) is 0.727. The molecule has 8 nitrogen and oxygen atoms in total. The number of rotatable bonds is 6. The number of carbonyl (C=O) groups excluding carboxylic acids is 1.